The number of para-hydroxylation sites is 1. The van der Waals surface area contributed by atoms with Crippen molar-refractivity contribution in [3.8, 4) is 5.75 Å². The van der Waals surface area contributed by atoms with Crippen LogP contribution in [-0.2, 0) is 12.5 Å². The van der Waals surface area contributed by atoms with E-state index < -0.39 is 11.6 Å². The summed E-state index contributed by atoms with van der Waals surface area (Å²) >= 11 is 5.76. The third-order valence-electron chi connectivity index (χ3n) is 2.43. The van der Waals surface area contributed by atoms with Gasteiger partial charge in [-0.2, -0.15) is 0 Å². The summed E-state index contributed by atoms with van der Waals surface area (Å²) in [6, 6.07) is 10.6. The molecule has 1 nitrogen and oxygen atoms in total. The molecule has 2 aromatic rings. The first-order valence-electron chi connectivity index (χ1n) is 5.40. The van der Waals surface area contributed by atoms with Crippen LogP contribution in [0.15, 0.2) is 42.5 Å². The van der Waals surface area contributed by atoms with Crippen molar-refractivity contribution < 1.29 is 13.5 Å². The third-order valence-corrected chi connectivity index (χ3v) is 2.72. The molecule has 0 fully saturated rings. The predicted octanol–water partition coefficient (Wildman–Crippen LogP) is 4.28. The van der Waals surface area contributed by atoms with Gasteiger partial charge in [-0.1, -0.05) is 18.2 Å². The fourth-order valence-electron chi connectivity index (χ4n) is 1.61. The minimum Gasteiger partial charge on any atom is -0.489 e. The SMILES string of the molecule is Fc1cc(F)cc(COc2ccccc2CCl)c1. The van der Waals surface area contributed by atoms with Gasteiger partial charge in [0, 0.05) is 11.6 Å². The summed E-state index contributed by atoms with van der Waals surface area (Å²) in [5.41, 5.74) is 1.29. The van der Waals surface area contributed by atoms with E-state index in [-0.39, 0.29) is 6.61 Å². The predicted molar refractivity (Wildman–Crippen MR) is 66.7 cm³/mol. The lowest BCUT2D eigenvalue weighted by molar-refractivity contribution is 0.302. The molecule has 0 aliphatic heterocycles. The maximum atomic E-state index is 13.0. The molecule has 0 saturated heterocycles. The van der Waals surface area contributed by atoms with Crippen LogP contribution in [0.2, 0.25) is 0 Å². The number of hydrogen-bond donors (Lipinski definition) is 0. The molecule has 0 saturated carbocycles. The molecular formula is C14H11ClF2O. The Morgan fingerprint density at radius 3 is 2.33 bits per heavy atom. The zero-order chi connectivity index (χ0) is 13.0. The van der Waals surface area contributed by atoms with Gasteiger partial charge in [0.15, 0.2) is 0 Å². The molecule has 0 atom stereocenters. The number of hydrogen-bond acceptors (Lipinski definition) is 1. The average molecular weight is 269 g/mol. The first kappa shape index (κ1) is 12.8. The van der Waals surface area contributed by atoms with Gasteiger partial charge in [-0.25, -0.2) is 8.78 Å². The molecular weight excluding hydrogens is 258 g/mol. The number of rotatable bonds is 4. The summed E-state index contributed by atoms with van der Waals surface area (Å²) < 4.78 is 31.5. The van der Waals surface area contributed by atoms with Crippen molar-refractivity contribution in [2.24, 2.45) is 0 Å². The Kier molecular flexibility index (Phi) is 4.15. The zero-order valence-electron chi connectivity index (χ0n) is 9.50. The van der Waals surface area contributed by atoms with E-state index in [1.807, 2.05) is 18.2 Å². The van der Waals surface area contributed by atoms with Crippen LogP contribution in [0.1, 0.15) is 11.1 Å². The molecule has 94 valence electrons. The highest BCUT2D eigenvalue weighted by Gasteiger charge is 2.04. The number of halogens is 3. The summed E-state index contributed by atoms with van der Waals surface area (Å²) in [7, 11) is 0. The molecule has 2 rings (SSSR count). The van der Waals surface area contributed by atoms with Gasteiger partial charge in [-0.05, 0) is 23.8 Å². The molecule has 0 aromatic heterocycles. The fourth-order valence-corrected chi connectivity index (χ4v) is 1.83. The van der Waals surface area contributed by atoms with Crippen molar-refractivity contribution in [1.82, 2.24) is 0 Å². The molecule has 0 N–H and O–H groups in total. The molecule has 18 heavy (non-hydrogen) atoms. The van der Waals surface area contributed by atoms with Gasteiger partial charge in [0.2, 0.25) is 0 Å². The van der Waals surface area contributed by atoms with E-state index in [1.54, 1.807) is 6.07 Å². The van der Waals surface area contributed by atoms with Gasteiger partial charge in [0.25, 0.3) is 0 Å². The summed E-state index contributed by atoms with van der Waals surface area (Å²) in [6.45, 7) is 0.0998. The van der Waals surface area contributed by atoms with Crippen molar-refractivity contribution >= 4 is 11.6 Å². The maximum absolute atomic E-state index is 13.0. The summed E-state index contributed by atoms with van der Waals surface area (Å²) in [5, 5.41) is 0. The monoisotopic (exact) mass is 268 g/mol. The molecule has 0 bridgehead atoms. The molecule has 0 spiro atoms. The molecule has 0 heterocycles. The van der Waals surface area contributed by atoms with Crippen LogP contribution in [0.25, 0.3) is 0 Å². The minimum absolute atomic E-state index is 0.0998. The van der Waals surface area contributed by atoms with Crippen molar-refractivity contribution in [3.05, 3.63) is 65.2 Å². The average Bonchev–Trinajstić information content (AvgIpc) is 2.35. The van der Waals surface area contributed by atoms with E-state index in [4.69, 9.17) is 16.3 Å². The Morgan fingerprint density at radius 2 is 1.67 bits per heavy atom. The fraction of sp³-hybridized carbons (Fsp3) is 0.143. The van der Waals surface area contributed by atoms with Gasteiger partial charge in [0.05, 0.1) is 5.88 Å². The maximum Gasteiger partial charge on any atom is 0.126 e. The molecule has 0 aliphatic rings. The first-order valence-corrected chi connectivity index (χ1v) is 5.94. The van der Waals surface area contributed by atoms with Gasteiger partial charge < -0.3 is 4.74 Å². The highest BCUT2D eigenvalue weighted by atomic mass is 35.5. The van der Waals surface area contributed by atoms with Crippen LogP contribution in [0.5, 0.6) is 5.75 Å². The Hall–Kier alpha value is -1.61. The second-order valence-corrected chi connectivity index (χ2v) is 4.07. The second-order valence-electron chi connectivity index (χ2n) is 3.81. The molecule has 2 aromatic carbocycles. The quantitative estimate of drug-likeness (QED) is 0.752. The van der Waals surface area contributed by atoms with Crippen LogP contribution < -0.4 is 4.74 Å². The van der Waals surface area contributed by atoms with Crippen molar-refractivity contribution in [3.63, 3.8) is 0 Å². The molecule has 0 amide bonds. The number of ether oxygens (including phenoxy) is 1. The largest absolute Gasteiger partial charge is 0.489 e. The lowest BCUT2D eigenvalue weighted by Gasteiger charge is -2.09. The molecule has 4 heteroatoms. The van der Waals surface area contributed by atoms with E-state index in [9.17, 15) is 8.78 Å². The van der Waals surface area contributed by atoms with E-state index in [0.29, 0.717) is 17.2 Å². The highest BCUT2D eigenvalue weighted by molar-refractivity contribution is 6.17. The highest BCUT2D eigenvalue weighted by Crippen LogP contribution is 2.21. The van der Waals surface area contributed by atoms with E-state index in [2.05, 4.69) is 0 Å². The Labute approximate surface area is 109 Å². The van der Waals surface area contributed by atoms with Gasteiger partial charge in [-0.15, -0.1) is 11.6 Å². The number of benzene rings is 2. The van der Waals surface area contributed by atoms with Crippen LogP contribution in [0, 0.1) is 11.6 Å². The molecule has 0 aliphatic carbocycles. The lowest BCUT2D eigenvalue weighted by Crippen LogP contribution is -1.99. The first-order chi connectivity index (χ1) is 8.69. The standard InChI is InChI=1S/C14H11ClF2O/c15-8-11-3-1-2-4-14(11)18-9-10-5-12(16)7-13(17)6-10/h1-7H,8-9H2. The van der Waals surface area contributed by atoms with E-state index >= 15 is 0 Å². The van der Waals surface area contributed by atoms with Gasteiger partial charge in [-0.3, -0.25) is 0 Å². The molecule has 0 radical (unpaired) electrons. The minimum atomic E-state index is -0.612. The van der Waals surface area contributed by atoms with Crippen LogP contribution >= 0.6 is 11.6 Å². The smallest absolute Gasteiger partial charge is 0.126 e. The number of alkyl halides is 1. The molecule has 0 unspecified atom stereocenters. The lowest BCUT2D eigenvalue weighted by atomic mass is 10.2. The zero-order valence-corrected chi connectivity index (χ0v) is 10.3. The van der Waals surface area contributed by atoms with Crippen LogP contribution in [-0.4, -0.2) is 0 Å². The Balaban J connectivity index is 2.11. The van der Waals surface area contributed by atoms with E-state index in [1.165, 1.54) is 12.1 Å². The van der Waals surface area contributed by atoms with E-state index in [0.717, 1.165) is 11.6 Å². The Bertz CT molecular complexity index is 523. The van der Waals surface area contributed by atoms with Gasteiger partial charge >= 0.3 is 0 Å². The van der Waals surface area contributed by atoms with Crippen LogP contribution in [0.4, 0.5) is 8.78 Å². The van der Waals surface area contributed by atoms with Crippen LogP contribution in [0.3, 0.4) is 0 Å². The summed E-state index contributed by atoms with van der Waals surface area (Å²) in [6.07, 6.45) is 0. The Morgan fingerprint density at radius 1 is 1.00 bits per heavy atom. The van der Waals surface area contributed by atoms with Crippen molar-refractivity contribution in [2.45, 2.75) is 12.5 Å². The third kappa shape index (κ3) is 3.20. The second kappa shape index (κ2) is 5.83. The van der Waals surface area contributed by atoms with Crippen molar-refractivity contribution in [1.29, 1.82) is 0 Å². The summed E-state index contributed by atoms with van der Waals surface area (Å²) in [4.78, 5) is 0. The summed E-state index contributed by atoms with van der Waals surface area (Å²) in [5.74, 6) is -0.274. The normalized spacial score (nSPS) is 10.4. The van der Waals surface area contributed by atoms with Gasteiger partial charge in [0.1, 0.15) is 24.0 Å². The van der Waals surface area contributed by atoms with Crippen molar-refractivity contribution in [2.75, 3.05) is 0 Å². The topological polar surface area (TPSA) is 9.23 Å².